The summed E-state index contributed by atoms with van der Waals surface area (Å²) in [5, 5.41) is 18.3. The third kappa shape index (κ3) is 8.00. The highest BCUT2D eigenvalue weighted by molar-refractivity contribution is 6.30. The van der Waals surface area contributed by atoms with Gasteiger partial charge in [0.2, 0.25) is 5.95 Å². The zero-order valence-corrected chi connectivity index (χ0v) is 23.7. The van der Waals surface area contributed by atoms with Crippen molar-refractivity contribution in [1.29, 1.82) is 0 Å². The number of amides is 1. The Morgan fingerprint density at radius 1 is 1.08 bits per heavy atom. The van der Waals surface area contributed by atoms with Crippen LogP contribution in [0.1, 0.15) is 82.7 Å². The predicted molar refractivity (Wildman–Crippen MR) is 143 cm³/mol. The minimum absolute atomic E-state index is 0.0550. The lowest BCUT2D eigenvalue weighted by Gasteiger charge is -2.25. The van der Waals surface area contributed by atoms with E-state index in [9.17, 15) is 14.7 Å². The Morgan fingerprint density at radius 3 is 2.28 bits per heavy atom. The first-order valence-electron chi connectivity index (χ1n) is 12.3. The summed E-state index contributed by atoms with van der Waals surface area (Å²) in [7, 11) is 0. The fourth-order valence-electron chi connectivity index (χ4n) is 3.90. The lowest BCUT2D eigenvalue weighted by atomic mass is 9.91. The van der Waals surface area contributed by atoms with Crippen LogP contribution >= 0.6 is 11.6 Å². The molecule has 3 rings (SSSR count). The number of benzene rings is 1. The van der Waals surface area contributed by atoms with Crippen LogP contribution in [-0.4, -0.2) is 38.5 Å². The van der Waals surface area contributed by atoms with Gasteiger partial charge in [-0.1, -0.05) is 28.9 Å². The summed E-state index contributed by atoms with van der Waals surface area (Å²) in [5.41, 5.74) is -0.521. The van der Waals surface area contributed by atoms with Crippen molar-refractivity contribution in [2.24, 2.45) is 0 Å². The number of pyridine rings is 1. The summed E-state index contributed by atoms with van der Waals surface area (Å²) in [4.78, 5) is 29.3. The SMILES string of the molecule is Cc1noc([C@H](CC(=O)OC(C)(C)C)NC(=O)OC(C)(C)C)c1-c1ccnc(F)c1C(O)c1ccc(Cl)cc1. The number of aliphatic hydroxyl groups excluding tert-OH is 1. The van der Waals surface area contributed by atoms with Gasteiger partial charge in [0, 0.05) is 16.8 Å². The van der Waals surface area contributed by atoms with E-state index in [-0.39, 0.29) is 28.9 Å². The Hall–Kier alpha value is -3.50. The van der Waals surface area contributed by atoms with Crippen LogP contribution in [0, 0.1) is 12.9 Å². The van der Waals surface area contributed by atoms with Crippen LogP contribution in [0.25, 0.3) is 11.1 Å². The molecule has 9 nitrogen and oxygen atoms in total. The molecule has 1 amide bonds. The molecule has 0 bridgehead atoms. The molecule has 0 aliphatic heterocycles. The van der Waals surface area contributed by atoms with Crippen molar-refractivity contribution < 1.29 is 33.1 Å². The van der Waals surface area contributed by atoms with E-state index in [1.807, 2.05) is 0 Å². The Balaban J connectivity index is 2.11. The molecule has 0 radical (unpaired) electrons. The van der Waals surface area contributed by atoms with Gasteiger partial charge >= 0.3 is 12.1 Å². The Bertz CT molecular complexity index is 1300. The van der Waals surface area contributed by atoms with Gasteiger partial charge in [0.1, 0.15) is 23.3 Å². The number of rotatable bonds is 7. The number of nitrogens with one attached hydrogen (secondary N) is 1. The number of esters is 1. The van der Waals surface area contributed by atoms with Crippen molar-refractivity contribution in [2.45, 2.75) is 78.2 Å². The maximum Gasteiger partial charge on any atom is 0.408 e. The molecule has 210 valence electrons. The molecule has 11 heteroatoms. The number of hydrogen-bond donors (Lipinski definition) is 2. The van der Waals surface area contributed by atoms with E-state index < -0.39 is 41.4 Å². The molecule has 0 aliphatic carbocycles. The quantitative estimate of drug-likeness (QED) is 0.257. The molecule has 0 spiro atoms. The topological polar surface area (TPSA) is 124 Å². The normalized spacial score (nSPS) is 13.5. The van der Waals surface area contributed by atoms with Crippen molar-refractivity contribution in [3.63, 3.8) is 0 Å². The minimum Gasteiger partial charge on any atom is -0.460 e. The second-order valence-electron chi connectivity index (χ2n) is 11.0. The number of hydrogen-bond acceptors (Lipinski definition) is 8. The summed E-state index contributed by atoms with van der Waals surface area (Å²) < 4.78 is 31.6. The van der Waals surface area contributed by atoms with Gasteiger partial charge in [-0.25, -0.2) is 9.78 Å². The van der Waals surface area contributed by atoms with Crippen molar-refractivity contribution in [3.05, 3.63) is 70.1 Å². The third-order valence-electron chi connectivity index (χ3n) is 5.36. The molecule has 0 aliphatic rings. The number of carbonyl (C=O) groups is 2. The maximum atomic E-state index is 15.2. The highest BCUT2D eigenvalue weighted by Crippen LogP contribution is 2.39. The van der Waals surface area contributed by atoms with E-state index in [1.165, 1.54) is 12.3 Å². The van der Waals surface area contributed by atoms with Gasteiger partial charge in [-0.15, -0.1) is 0 Å². The molecule has 0 fully saturated rings. The number of carbonyl (C=O) groups excluding carboxylic acids is 2. The summed E-state index contributed by atoms with van der Waals surface area (Å²) in [6.45, 7) is 11.9. The molecule has 0 saturated heterocycles. The number of halogens is 2. The molecular formula is C28H33ClFN3O6. The van der Waals surface area contributed by atoms with Crippen LogP contribution in [0.4, 0.5) is 9.18 Å². The number of ether oxygens (including phenoxy) is 2. The smallest absolute Gasteiger partial charge is 0.408 e. The summed E-state index contributed by atoms with van der Waals surface area (Å²) >= 11 is 5.97. The van der Waals surface area contributed by atoms with Crippen LogP contribution in [0.15, 0.2) is 41.1 Å². The summed E-state index contributed by atoms with van der Waals surface area (Å²) in [5.74, 6) is -1.48. The molecule has 1 aromatic carbocycles. The highest BCUT2D eigenvalue weighted by atomic mass is 35.5. The fraction of sp³-hybridized carbons (Fsp3) is 0.429. The molecule has 2 N–H and O–H groups in total. The summed E-state index contributed by atoms with van der Waals surface area (Å²) in [6.07, 6.45) is -1.32. The second-order valence-corrected chi connectivity index (χ2v) is 11.5. The molecule has 1 unspecified atom stereocenters. The van der Waals surface area contributed by atoms with Crippen molar-refractivity contribution in [3.8, 4) is 11.1 Å². The van der Waals surface area contributed by atoms with Gasteiger partial charge < -0.3 is 24.4 Å². The van der Waals surface area contributed by atoms with Crippen LogP contribution in [0.3, 0.4) is 0 Å². The number of alkyl carbamates (subject to hydrolysis) is 1. The van der Waals surface area contributed by atoms with Gasteiger partial charge in [-0.3, -0.25) is 4.79 Å². The Kier molecular flexibility index (Phi) is 9.02. The lowest BCUT2D eigenvalue weighted by Crippen LogP contribution is -2.36. The van der Waals surface area contributed by atoms with E-state index in [0.29, 0.717) is 16.3 Å². The molecule has 2 atom stereocenters. The molecular weight excluding hydrogens is 529 g/mol. The molecule has 0 saturated carbocycles. The van der Waals surface area contributed by atoms with Crippen molar-refractivity contribution >= 4 is 23.7 Å². The predicted octanol–water partition coefficient (Wildman–Crippen LogP) is 6.22. The van der Waals surface area contributed by atoms with Crippen LogP contribution in [0.2, 0.25) is 5.02 Å². The van der Waals surface area contributed by atoms with Crippen molar-refractivity contribution in [2.75, 3.05) is 0 Å². The first-order chi connectivity index (χ1) is 18.1. The van der Waals surface area contributed by atoms with E-state index in [2.05, 4.69) is 15.5 Å². The highest BCUT2D eigenvalue weighted by Gasteiger charge is 2.33. The summed E-state index contributed by atoms with van der Waals surface area (Å²) in [6, 6.07) is 6.69. The van der Waals surface area contributed by atoms with Gasteiger partial charge in [0.05, 0.1) is 17.7 Å². The van der Waals surface area contributed by atoms with E-state index in [0.717, 1.165) is 0 Å². The second kappa shape index (κ2) is 11.7. The third-order valence-corrected chi connectivity index (χ3v) is 5.61. The van der Waals surface area contributed by atoms with E-state index in [4.69, 9.17) is 25.6 Å². The Labute approximate surface area is 231 Å². The van der Waals surface area contributed by atoms with Crippen LogP contribution < -0.4 is 5.32 Å². The number of nitrogens with zero attached hydrogens (tertiary/aromatic N) is 2. The zero-order chi connectivity index (χ0) is 29.1. The van der Waals surface area contributed by atoms with E-state index in [1.54, 1.807) is 72.7 Å². The van der Waals surface area contributed by atoms with E-state index >= 15 is 4.39 Å². The molecule has 39 heavy (non-hydrogen) atoms. The standard InChI is InChI=1S/C28H33ClFN3O6/c1-15-21(18-12-13-31-25(30)22(18)23(35)16-8-10-17(29)11-9-16)24(39-33-15)19(14-20(34)37-27(2,3)4)32-26(36)38-28(5,6)7/h8-13,19,23,35H,14H2,1-7H3,(H,32,36)/t19-,23?/m0/s1. The number of aromatic nitrogens is 2. The Morgan fingerprint density at radius 2 is 1.69 bits per heavy atom. The molecule has 2 aromatic heterocycles. The number of aliphatic hydroxyl groups is 1. The lowest BCUT2D eigenvalue weighted by molar-refractivity contribution is -0.155. The average molecular weight is 562 g/mol. The molecule has 3 aromatic rings. The monoisotopic (exact) mass is 561 g/mol. The van der Waals surface area contributed by atoms with Gasteiger partial charge in [-0.2, -0.15) is 4.39 Å². The van der Waals surface area contributed by atoms with Crippen molar-refractivity contribution in [1.82, 2.24) is 15.5 Å². The van der Waals surface area contributed by atoms with Gasteiger partial charge in [0.15, 0.2) is 5.76 Å². The van der Waals surface area contributed by atoms with Crippen LogP contribution in [-0.2, 0) is 14.3 Å². The van der Waals surface area contributed by atoms with Gasteiger partial charge in [-0.05, 0) is 77.8 Å². The van der Waals surface area contributed by atoms with Crippen LogP contribution in [0.5, 0.6) is 0 Å². The molecule has 2 heterocycles. The first-order valence-corrected chi connectivity index (χ1v) is 12.7. The average Bonchev–Trinajstić information content (AvgIpc) is 3.17. The number of aryl methyl sites for hydroxylation is 1. The first kappa shape index (κ1) is 30.0. The largest absolute Gasteiger partial charge is 0.460 e. The minimum atomic E-state index is -1.42. The zero-order valence-electron chi connectivity index (χ0n) is 23.0. The maximum absolute atomic E-state index is 15.2. The fourth-order valence-corrected chi connectivity index (χ4v) is 4.03. The van der Waals surface area contributed by atoms with Gasteiger partial charge in [0.25, 0.3) is 0 Å².